The van der Waals surface area contributed by atoms with Gasteiger partial charge in [0.25, 0.3) is 11.5 Å². The number of nitrogens with zero attached hydrogens (tertiary/aromatic N) is 2. The summed E-state index contributed by atoms with van der Waals surface area (Å²) >= 11 is 0. The van der Waals surface area contributed by atoms with Gasteiger partial charge in [0, 0.05) is 32.3 Å². The van der Waals surface area contributed by atoms with Gasteiger partial charge in [0.1, 0.15) is 5.56 Å². The molecular weight excluding hydrogens is 338 g/mol. The van der Waals surface area contributed by atoms with Crippen LogP contribution < -0.4 is 11.2 Å². The topological polar surface area (TPSA) is 112 Å². The number of rotatable bonds is 3. The van der Waals surface area contributed by atoms with E-state index in [9.17, 15) is 24.3 Å². The Labute approximate surface area is 148 Å². The largest absolute Gasteiger partial charge is 0.481 e. The molecule has 136 valence electrons. The van der Waals surface area contributed by atoms with Crippen LogP contribution in [-0.4, -0.2) is 44.5 Å². The number of nitrogens with one attached hydrogen (secondary N) is 1. The SMILES string of the molecule is Cc1ccccc1[C@@H]1CN(C(=O)c2cn(C)c(=O)[nH]c2=O)C[C@H]1C(=O)O. The number of likely N-dealkylation sites (tertiary alicyclic amines) is 1. The zero-order chi connectivity index (χ0) is 19.0. The highest BCUT2D eigenvalue weighted by molar-refractivity contribution is 5.94. The van der Waals surface area contributed by atoms with Crippen LogP contribution in [0.5, 0.6) is 0 Å². The van der Waals surface area contributed by atoms with E-state index in [1.807, 2.05) is 31.2 Å². The summed E-state index contributed by atoms with van der Waals surface area (Å²) in [4.78, 5) is 51.4. The molecule has 2 aromatic rings. The lowest BCUT2D eigenvalue weighted by Gasteiger charge is -2.18. The Hall–Kier alpha value is -3.16. The Kier molecular flexibility index (Phi) is 4.50. The summed E-state index contributed by atoms with van der Waals surface area (Å²) in [5.74, 6) is -2.68. The molecule has 0 aliphatic carbocycles. The van der Waals surface area contributed by atoms with Gasteiger partial charge in [-0.1, -0.05) is 24.3 Å². The molecule has 26 heavy (non-hydrogen) atoms. The van der Waals surface area contributed by atoms with Gasteiger partial charge >= 0.3 is 11.7 Å². The summed E-state index contributed by atoms with van der Waals surface area (Å²) in [6.45, 7) is 2.11. The Balaban J connectivity index is 1.96. The van der Waals surface area contributed by atoms with E-state index in [2.05, 4.69) is 4.98 Å². The molecule has 0 saturated carbocycles. The van der Waals surface area contributed by atoms with Crippen LogP contribution in [0.2, 0.25) is 0 Å². The lowest BCUT2D eigenvalue weighted by atomic mass is 9.86. The fraction of sp³-hybridized carbons (Fsp3) is 0.333. The van der Waals surface area contributed by atoms with E-state index >= 15 is 0 Å². The molecule has 8 heteroatoms. The number of hydrogen-bond donors (Lipinski definition) is 2. The van der Waals surface area contributed by atoms with Crippen LogP contribution in [0.1, 0.15) is 27.4 Å². The van der Waals surface area contributed by atoms with Crippen LogP contribution in [-0.2, 0) is 11.8 Å². The number of benzene rings is 1. The third kappa shape index (κ3) is 3.05. The van der Waals surface area contributed by atoms with E-state index in [4.69, 9.17) is 0 Å². The maximum absolute atomic E-state index is 12.8. The summed E-state index contributed by atoms with van der Waals surface area (Å²) in [7, 11) is 1.43. The maximum atomic E-state index is 12.8. The Bertz CT molecular complexity index is 991. The van der Waals surface area contributed by atoms with Crippen LogP contribution in [0.15, 0.2) is 40.1 Å². The molecule has 2 heterocycles. The molecule has 1 aromatic carbocycles. The lowest BCUT2D eigenvalue weighted by molar-refractivity contribution is -0.141. The van der Waals surface area contributed by atoms with Crippen LogP contribution >= 0.6 is 0 Å². The molecule has 1 fully saturated rings. The van der Waals surface area contributed by atoms with Gasteiger partial charge in [-0.25, -0.2) is 4.79 Å². The predicted octanol–water partition coefficient (Wildman–Crippen LogP) is 0.322. The highest BCUT2D eigenvalue weighted by atomic mass is 16.4. The fourth-order valence-corrected chi connectivity index (χ4v) is 3.42. The number of aryl methyl sites for hydroxylation is 2. The van der Waals surface area contributed by atoms with Crippen molar-refractivity contribution in [3.05, 3.63) is 68.0 Å². The molecular formula is C18H19N3O5. The molecule has 0 unspecified atom stereocenters. The third-order valence-electron chi connectivity index (χ3n) is 4.85. The first kappa shape index (κ1) is 17.7. The first-order chi connectivity index (χ1) is 12.3. The highest BCUT2D eigenvalue weighted by Crippen LogP contribution is 2.35. The number of aromatic nitrogens is 2. The molecule has 1 saturated heterocycles. The van der Waals surface area contributed by atoms with Gasteiger partial charge in [-0.15, -0.1) is 0 Å². The van der Waals surface area contributed by atoms with Crippen LogP contribution in [0.3, 0.4) is 0 Å². The molecule has 1 aliphatic heterocycles. The van der Waals surface area contributed by atoms with Crippen molar-refractivity contribution in [3.63, 3.8) is 0 Å². The van der Waals surface area contributed by atoms with E-state index in [1.165, 1.54) is 18.1 Å². The number of carboxylic acids is 1. The summed E-state index contributed by atoms with van der Waals surface area (Å²) < 4.78 is 1.11. The van der Waals surface area contributed by atoms with E-state index < -0.39 is 29.0 Å². The Morgan fingerprint density at radius 1 is 1.19 bits per heavy atom. The number of aliphatic carboxylic acids is 1. The number of amides is 1. The molecule has 2 atom stereocenters. The first-order valence-corrected chi connectivity index (χ1v) is 8.17. The third-order valence-corrected chi connectivity index (χ3v) is 4.85. The monoisotopic (exact) mass is 357 g/mol. The number of hydrogen-bond acceptors (Lipinski definition) is 4. The number of aromatic amines is 1. The van der Waals surface area contributed by atoms with Crippen molar-refractivity contribution in [1.29, 1.82) is 0 Å². The van der Waals surface area contributed by atoms with Gasteiger partial charge in [-0.2, -0.15) is 0 Å². The molecule has 2 N–H and O–H groups in total. The molecule has 8 nitrogen and oxygen atoms in total. The van der Waals surface area contributed by atoms with Gasteiger partial charge in [-0.05, 0) is 18.1 Å². The zero-order valence-corrected chi connectivity index (χ0v) is 14.4. The minimum atomic E-state index is -0.983. The normalized spacial score (nSPS) is 19.5. The molecule has 1 aliphatic rings. The summed E-state index contributed by atoms with van der Waals surface area (Å²) in [6.07, 6.45) is 1.18. The summed E-state index contributed by atoms with van der Waals surface area (Å²) in [5.41, 5.74) is 0.266. The smallest absolute Gasteiger partial charge is 0.328 e. The van der Waals surface area contributed by atoms with Gasteiger partial charge in [0.2, 0.25) is 0 Å². The van der Waals surface area contributed by atoms with Crippen molar-refractivity contribution >= 4 is 11.9 Å². The van der Waals surface area contributed by atoms with Crippen molar-refractivity contribution in [2.24, 2.45) is 13.0 Å². The van der Waals surface area contributed by atoms with Crippen molar-refractivity contribution < 1.29 is 14.7 Å². The summed E-state index contributed by atoms with van der Waals surface area (Å²) in [5, 5.41) is 9.59. The fourth-order valence-electron chi connectivity index (χ4n) is 3.42. The van der Waals surface area contributed by atoms with Crippen molar-refractivity contribution in [1.82, 2.24) is 14.5 Å². The second-order valence-corrected chi connectivity index (χ2v) is 6.53. The van der Waals surface area contributed by atoms with Crippen LogP contribution in [0.4, 0.5) is 0 Å². The number of H-pyrrole nitrogens is 1. The highest BCUT2D eigenvalue weighted by Gasteiger charge is 2.41. The number of carbonyl (C=O) groups excluding carboxylic acids is 1. The van der Waals surface area contributed by atoms with E-state index in [-0.39, 0.29) is 24.6 Å². The maximum Gasteiger partial charge on any atom is 0.328 e. The minimum absolute atomic E-state index is 0.00937. The average Bonchev–Trinajstić information content (AvgIpc) is 3.03. The van der Waals surface area contributed by atoms with E-state index in [1.54, 1.807) is 0 Å². The second kappa shape index (κ2) is 6.62. The van der Waals surface area contributed by atoms with Gasteiger partial charge in [-0.3, -0.25) is 19.4 Å². The van der Waals surface area contributed by atoms with E-state index in [0.717, 1.165) is 15.7 Å². The lowest BCUT2D eigenvalue weighted by Crippen LogP contribution is -2.38. The molecule has 0 bridgehead atoms. The molecule has 0 radical (unpaired) electrons. The quantitative estimate of drug-likeness (QED) is 0.822. The predicted molar refractivity (Wildman–Crippen MR) is 93.3 cm³/mol. The van der Waals surface area contributed by atoms with Gasteiger partial charge in [0.05, 0.1) is 5.92 Å². The number of carboxylic acid groups (broad SMARTS) is 1. The van der Waals surface area contributed by atoms with Gasteiger partial charge in [0.15, 0.2) is 0 Å². The Morgan fingerprint density at radius 3 is 2.54 bits per heavy atom. The standard InChI is InChI=1S/C18H19N3O5/c1-10-5-3-4-6-11(10)12-8-21(9-13(12)17(24)25)16(23)14-7-20(2)18(26)19-15(14)22/h3-7,12-13H,8-9H2,1-2H3,(H,24,25)(H,19,22,26)/t12-,13+/m0/s1. The minimum Gasteiger partial charge on any atom is -0.481 e. The van der Waals surface area contributed by atoms with E-state index in [0.29, 0.717) is 0 Å². The molecule has 3 rings (SSSR count). The van der Waals surface area contributed by atoms with Gasteiger partial charge < -0.3 is 14.6 Å². The molecule has 1 aromatic heterocycles. The van der Waals surface area contributed by atoms with Crippen LogP contribution in [0.25, 0.3) is 0 Å². The zero-order valence-electron chi connectivity index (χ0n) is 14.4. The number of carbonyl (C=O) groups is 2. The average molecular weight is 357 g/mol. The van der Waals surface area contributed by atoms with Crippen molar-refractivity contribution in [2.75, 3.05) is 13.1 Å². The second-order valence-electron chi connectivity index (χ2n) is 6.53. The molecule has 1 amide bonds. The Morgan fingerprint density at radius 2 is 1.88 bits per heavy atom. The van der Waals surface area contributed by atoms with Crippen molar-refractivity contribution in [2.45, 2.75) is 12.8 Å². The first-order valence-electron chi connectivity index (χ1n) is 8.17. The summed E-state index contributed by atoms with van der Waals surface area (Å²) in [6, 6.07) is 7.47. The van der Waals surface area contributed by atoms with Crippen molar-refractivity contribution in [3.8, 4) is 0 Å². The van der Waals surface area contributed by atoms with Crippen LogP contribution in [0, 0.1) is 12.8 Å². The molecule has 0 spiro atoms.